The van der Waals surface area contributed by atoms with E-state index in [1.54, 1.807) is 25.1 Å². The van der Waals surface area contributed by atoms with Crippen molar-refractivity contribution in [2.75, 3.05) is 10.8 Å². The number of carbonyl (C=O) groups excluding carboxylic acids is 2. The minimum absolute atomic E-state index is 0.0137. The summed E-state index contributed by atoms with van der Waals surface area (Å²) in [4.78, 5) is 29.0. The topological polar surface area (TPSA) is 86.8 Å². The van der Waals surface area contributed by atoms with Crippen LogP contribution >= 0.6 is 11.6 Å². The molecule has 0 aromatic heterocycles. The second-order valence-corrected chi connectivity index (χ2v) is 12.3. The Morgan fingerprint density at radius 3 is 2.20 bits per heavy atom. The first-order valence-corrected chi connectivity index (χ1v) is 15.3. The van der Waals surface area contributed by atoms with Crippen molar-refractivity contribution in [3.05, 3.63) is 94.5 Å². The molecule has 9 heteroatoms. The zero-order valence-electron chi connectivity index (χ0n) is 23.7. The number of halogens is 1. The maximum absolute atomic E-state index is 14.1. The Kier molecular flexibility index (Phi) is 10.8. The summed E-state index contributed by atoms with van der Waals surface area (Å²) in [6.45, 7) is 9.18. The quantitative estimate of drug-likeness (QED) is 0.289. The molecule has 0 radical (unpaired) electrons. The number of amides is 2. The molecule has 0 aliphatic carbocycles. The molecule has 0 aliphatic rings. The lowest BCUT2D eigenvalue weighted by atomic mass is 10.1. The summed E-state index contributed by atoms with van der Waals surface area (Å²) in [6.07, 6.45) is 1.11. The maximum Gasteiger partial charge on any atom is 0.264 e. The lowest BCUT2D eigenvalue weighted by Gasteiger charge is -2.34. The highest BCUT2D eigenvalue weighted by molar-refractivity contribution is 7.92. The number of hydrogen-bond acceptors (Lipinski definition) is 4. The van der Waals surface area contributed by atoms with Crippen LogP contribution in [0.5, 0.6) is 0 Å². The summed E-state index contributed by atoms with van der Waals surface area (Å²) in [6, 6.07) is 19.7. The summed E-state index contributed by atoms with van der Waals surface area (Å²) >= 11 is 6.02. The molecule has 7 nitrogen and oxygen atoms in total. The Labute approximate surface area is 243 Å². The molecule has 2 atom stereocenters. The van der Waals surface area contributed by atoms with E-state index >= 15 is 0 Å². The van der Waals surface area contributed by atoms with Gasteiger partial charge in [-0.1, -0.05) is 73.5 Å². The van der Waals surface area contributed by atoms with Crippen LogP contribution < -0.4 is 9.62 Å². The van der Waals surface area contributed by atoms with Gasteiger partial charge in [0.05, 0.1) is 10.6 Å². The normalized spacial score (nSPS) is 12.8. The van der Waals surface area contributed by atoms with Gasteiger partial charge in [-0.2, -0.15) is 0 Å². The van der Waals surface area contributed by atoms with Crippen LogP contribution in [-0.2, 0) is 26.2 Å². The number of aryl methyl sites for hydroxylation is 2. The van der Waals surface area contributed by atoms with Crippen molar-refractivity contribution >= 4 is 39.1 Å². The molecule has 3 aromatic rings. The fraction of sp³-hybridized carbons (Fsp3) is 0.355. The second-order valence-electron chi connectivity index (χ2n) is 10.0. The summed E-state index contributed by atoms with van der Waals surface area (Å²) in [7, 11) is -4.15. The van der Waals surface area contributed by atoms with E-state index in [1.165, 1.54) is 29.2 Å². The molecule has 0 saturated heterocycles. The summed E-state index contributed by atoms with van der Waals surface area (Å²) in [5.41, 5.74) is 2.96. The third kappa shape index (κ3) is 7.64. The number of carbonyl (C=O) groups is 2. The number of rotatable bonds is 12. The molecule has 0 fully saturated rings. The van der Waals surface area contributed by atoms with Crippen molar-refractivity contribution in [1.29, 1.82) is 0 Å². The molecule has 0 unspecified atom stereocenters. The van der Waals surface area contributed by atoms with Crippen molar-refractivity contribution in [1.82, 2.24) is 10.2 Å². The molecule has 214 valence electrons. The van der Waals surface area contributed by atoms with Crippen LogP contribution in [0.25, 0.3) is 0 Å². The van der Waals surface area contributed by atoms with Gasteiger partial charge in [-0.05, 0) is 75.1 Å². The average molecular weight is 584 g/mol. The molecule has 3 aromatic carbocycles. The number of anilines is 1. The Bertz CT molecular complexity index is 1430. The molecular weight excluding hydrogens is 546 g/mol. The molecule has 0 aliphatic heterocycles. The molecule has 2 amide bonds. The summed E-state index contributed by atoms with van der Waals surface area (Å²) in [5.74, 6) is -0.741. The molecule has 1 N–H and O–H groups in total. The zero-order valence-corrected chi connectivity index (χ0v) is 25.3. The standard InChI is InChI=1S/C31H38ClN3O4S/c1-6-24(5)33-31(37)28(7-2)34(20-25-13-10-11-22(3)19-25)30(36)21-35(29-14-9-8-12-23(29)4)40(38,39)27-17-15-26(32)16-18-27/h8-19,24,28H,6-7,20-21H2,1-5H3,(H,33,37)/t24-,28-/m0/s1. The predicted molar refractivity (Wildman–Crippen MR) is 161 cm³/mol. The number of hydrogen-bond donors (Lipinski definition) is 1. The van der Waals surface area contributed by atoms with Gasteiger partial charge in [0.2, 0.25) is 11.8 Å². The fourth-order valence-corrected chi connectivity index (χ4v) is 6.06. The highest BCUT2D eigenvalue weighted by Crippen LogP contribution is 2.28. The van der Waals surface area contributed by atoms with Crippen molar-refractivity contribution < 1.29 is 18.0 Å². The molecule has 0 heterocycles. The molecule has 0 saturated carbocycles. The highest BCUT2D eigenvalue weighted by Gasteiger charge is 2.34. The van der Waals surface area contributed by atoms with Crippen molar-refractivity contribution in [3.8, 4) is 0 Å². The number of nitrogens with zero attached hydrogens (tertiary/aromatic N) is 2. The van der Waals surface area contributed by atoms with Crippen LogP contribution in [0.2, 0.25) is 5.02 Å². The summed E-state index contributed by atoms with van der Waals surface area (Å²) in [5, 5.41) is 3.39. The highest BCUT2D eigenvalue weighted by atomic mass is 35.5. The molecule has 0 bridgehead atoms. The minimum atomic E-state index is -4.15. The largest absolute Gasteiger partial charge is 0.352 e. The van der Waals surface area contributed by atoms with Gasteiger partial charge >= 0.3 is 0 Å². The first-order valence-electron chi connectivity index (χ1n) is 13.5. The van der Waals surface area contributed by atoms with Crippen molar-refractivity contribution in [2.45, 2.75) is 71.0 Å². The van der Waals surface area contributed by atoms with Gasteiger partial charge < -0.3 is 10.2 Å². The van der Waals surface area contributed by atoms with Crippen LogP contribution in [0.15, 0.2) is 77.7 Å². The van der Waals surface area contributed by atoms with Gasteiger partial charge in [0.25, 0.3) is 10.0 Å². The summed E-state index contributed by atoms with van der Waals surface area (Å²) < 4.78 is 29.0. The Balaban J connectivity index is 2.07. The van der Waals surface area contributed by atoms with Crippen LogP contribution in [0.3, 0.4) is 0 Å². The van der Waals surface area contributed by atoms with Gasteiger partial charge in [0.15, 0.2) is 0 Å². The number of para-hydroxylation sites is 1. The van der Waals surface area contributed by atoms with Crippen LogP contribution in [0.1, 0.15) is 50.3 Å². The minimum Gasteiger partial charge on any atom is -0.352 e. The van der Waals surface area contributed by atoms with Gasteiger partial charge in [-0.25, -0.2) is 8.42 Å². The number of benzene rings is 3. The molecule has 3 rings (SSSR count). The first-order chi connectivity index (χ1) is 19.0. The van der Waals surface area contributed by atoms with E-state index < -0.39 is 28.5 Å². The molecular formula is C31H38ClN3O4S. The van der Waals surface area contributed by atoms with Crippen LogP contribution in [0.4, 0.5) is 5.69 Å². The van der Waals surface area contributed by atoms with E-state index in [0.717, 1.165) is 21.9 Å². The second kappa shape index (κ2) is 13.8. The van der Waals surface area contributed by atoms with Crippen molar-refractivity contribution in [2.24, 2.45) is 0 Å². The fourth-order valence-electron chi connectivity index (χ4n) is 4.46. The Morgan fingerprint density at radius 1 is 0.925 bits per heavy atom. The zero-order chi connectivity index (χ0) is 29.4. The van der Waals surface area contributed by atoms with E-state index in [4.69, 9.17) is 11.6 Å². The lowest BCUT2D eigenvalue weighted by Crippen LogP contribution is -2.53. The maximum atomic E-state index is 14.1. The van der Waals surface area contributed by atoms with E-state index in [1.807, 2.05) is 58.0 Å². The number of sulfonamides is 1. The third-order valence-electron chi connectivity index (χ3n) is 6.89. The van der Waals surface area contributed by atoms with E-state index in [0.29, 0.717) is 22.7 Å². The molecule has 40 heavy (non-hydrogen) atoms. The van der Waals surface area contributed by atoms with Crippen LogP contribution in [0, 0.1) is 13.8 Å². The first kappa shape index (κ1) is 31.2. The van der Waals surface area contributed by atoms with Gasteiger partial charge in [0, 0.05) is 17.6 Å². The SMILES string of the molecule is CC[C@H](C)NC(=O)[C@H](CC)N(Cc1cccc(C)c1)C(=O)CN(c1ccccc1C)S(=O)(=O)c1ccc(Cl)cc1. The van der Waals surface area contributed by atoms with E-state index in [-0.39, 0.29) is 23.4 Å². The monoisotopic (exact) mass is 583 g/mol. The van der Waals surface area contributed by atoms with E-state index in [2.05, 4.69) is 5.32 Å². The van der Waals surface area contributed by atoms with Gasteiger partial charge in [-0.15, -0.1) is 0 Å². The van der Waals surface area contributed by atoms with Gasteiger partial charge in [0.1, 0.15) is 12.6 Å². The molecule has 0 spiro atoms. The van der Waals surface area contributed by atoms with Crippen molar-refractivity contribution in [3.63, 3.8) is 0 Å². The Hall–Kier alpha value is -3.36. The predicted octanol–water partition coefficient (Wildman–Crippen LogP) is 5.87. The van der Waals surface area contributed by atoms with Gasteiger partial charge in [-0.3, -0.25) is 13.9 Å². The Morgan fingerprint density at radius 2 is 1.60 bits per heavy atom. The smallest absolute Gasteiger partial charge is 0.264 e. The van der Waals surface area contributed by atoms with Crippen LogP contribution in [-0.4, -0.2) is 43.8 Å². The third-order valence-corrected chi connectivity index (χ3v) is 8.91. The van der Waals surface area contributed by atoms with E-state index in [9.17, 15) is 18.0 Å². The number of nitrogens with one attached hydrogen (secondary N) is 1. The lowest BCUT2D eigenvalue weighted by molar-refractivity contribution is -0.140. The average Bonchev–Trinajstić information content (AvgIpc) is 2.92.